The Labute approximate surface area is 208 Å². The van der Waals surface area contributed by atoms with Crippen LogP contribution in [0.25, 0.3) is 22.2 Å². The number of aryl methyl sites for hydroxylation is 1. The second kappa shape index (κ2) is 9.01. The van der Waals surface area contributed by atoms with E-state index < -0.39 is 0 Å². The van der Waals surface area contributed by atoms with Crippen LogP contribution in [0.5, 0.6) is 0 Å². The summed E-state index contributed by atoms with van der Waals surface area (Å²) in [6.45, 7) is 2.16. The van der Waals surface area contributed by atoms with Crippen molar-refractivity contribution in [3.63, 3.8) is 0 Å². The summed E-state index contributed by atoms with van der Waals surface area (Å²) in [5.74, 6) is 1.31. The largest absolute Gasteiger partial charge is 0.463 e. The molecule has 1 atom stereocenters. The van der Waals surface area contributed by atoms with Crippen molar-refractivity contribution in [1.29, 1.82) is 0 Å². The zero-order chi connectivity index (χ0) is 23.8. The van der Waals surface area contributed by atoms with Gasteiger partial charge in [0.25, 0.3) is 0 Å². The lowest BCUT2D eigenvalue weighted by Gasteiger charge is -2.23. The maximum atomic E-state index is 6.35. The highest BCUT2D eigenvalue weighted by atomic mass is 35.5. The molecule has 0 fully saturated rings. The van der Waals surface area contributed by atoms with Gasteiger partial charge in [-0.3, -0.25) is 0 Å². The van der Waals surface area contributed by atoms with Crippen molar-refractivity contribution in [1.82, 2.24) is 9.97 Å². The molecule has 1 aliphatic heterocycles. The molecule has 0 saturated heterocycles. The van der Waals surface area contributed by atoms with Gasteiger partial charge in [0, 0.05) is 22.4 Å². The third-order valence-corrected chi connectivity index (χ3v) is 6.62. The smallest absolute Gasteiger partial charge is 0.247 e. The number of aromatic nitrogens is 2. The summed E-state index contributed by atoms with van der Waals surface area (Å²) >= 11 is 6.35. The zero-order valence-electron chi connectivity index (χ0n) is 19.2. The molecule has 0 amide bonds. The van der Waals surface area contributed by atoms with Gasteiger partial charge in [-0.25, -0.2) is 15.0 Å². The molecule has 35 heavy (non-hydrogen) atoms. The number of anilines is 1. The van der Waals surface area contributed by atoms with E-state index in [0.717, 1.165) is 45.6 Å². The van der Waals surface area contributed by atoms with E-state index in [1.165, 1.54) is 5.56 Å². The first kappa shape index (κ1) is 21.6. The number of furan rings is 1. The molecular weight excluding hydrogens is 456 g/mol. The molecule has 172 valence electrons. The minimum atomic E-state index is -0.0469. The first-order valence-corrected chi connectivity index (χ1v) is 12.1. The Bertz CT molecular complexity index is 1510. The van der Waals surface area contributed by atoms with Crippen LogP contribution < -0.4 is 5.01 Å². The molecule has 1 aliphatic rings. The van der Waals surface area contributed by atoms with Gasteiger partial charge < -0.3 is 4.42 Å². The lowest BCUT2D eigenvalue weighted by Crippen LogP contribution is -2.21. The van der Waals surface area contributed by atoms with Crippen molar-refractivity contribution in [2.45, 2.75) is 25.8 Å². The van der Waals surface area contributed by atoms with E-state index in [4.69, 9.17) is 31.1 Å². The van der Waals surface area contributed by atoms with Crippen LogP contribution in [0.1, 0.15) is 36.3 Å². The molecule has 3 aromatic carbocycles. The Hall–Kier alpha value is -3.96. The van der Waals surface area contributed by atoms with Gasteiger partial charge in [-0.2, -0.15) is 5.10 Å². The average molecular weight is 479 g/mol. The average Bonchev–Trinajstić information content (AvgIpc) is 3.59. The summed E-state index contributed by atoms with van der Waals surface area (Å²) in [6, 6.07) is 28.3. The van der Waals surface area contributed by atoms with Crippen LogP contribution in [0.15, 0.2) is 101 Å². The van der Waals surface area contributed by atoms with Gasteiger partial charge in [0.05, 0.1) is 23.5 Å². The molecule has 2 aromatic heterocycles. The summed E-state index contributed by atoms with van der Waals surface area (Å²) < 4.78 is 5.69. The summed E-state index contributed by atoms with van der Waals surface area (Å²) in [6.07, 6.45) is 3.37. The lowest BCUT2D eigenvalue weighted by molar-refractivity contribution is 0.556. The molecule has 0 bridgehead atoms. The van der Waals surface area contributed by atoms with Crippen LogP contribution >= 0.6 is 11.6 Å². The third kappa shape index (κ3) is 4.08. The highest BCUT2D eigenvalue weighted by Gasteiger charge is 2.33. The van der Waals surface area contributed by atoms with Gasteiger partial charge in [-0.05, 0) is 47.9 Å². The minimum Gasteiger partial charge on any atom is -0.463 e. The molecule has 0 saturated carbocycles. The van der Waals surface area contributed by atoms with Crippen LogP contribution in [0, 0.1) is 0 Å². The molecular formula is C29H23ClN4O. The normalized spacial score (nSPS) is 15.5. The number of hydrogen-bond acceptors (Lipinski definition) is 5. The number of benzene rings is 3. The standard InChI is InChI=1S/C29H23ClN4O/c1-2-19-10-12-20(13-11-19)26-18-25(27-9-6-16-35-27)33-34(26)29-31-24-15-14-22(30)17-23(24)28(32-29)21-7-4-3-5-8-21/h3-17,26H,2,18H2,1H3/t26-/m0/s1. The minimum absolute atomic E-state index is 0.0469. The maximum absolute atomic E-state index is 6.35. The quantitative estimate of drug-likeness (QED) is 0.263. The lowest BCUT2D eigenvalue weighted by atomic mass is 9.99. The molecule has 5 nitrogen and oxygen atoms in total. The molecule has 6 rings (SSSR count). The van der Waals surface area contributed by atoms with E-state index in [2.05, 4.69) is 43.3 Å². The Balaban J connectivity index is 1.52. The molecule has 0 aliphatic carbocycles. The van der Waals surface area contributed by atoms with Crippen molar-refractivity contribution >= 4 is 34.2 Å². The van der Waals surface area contributed by atoms with Crippen LogP contribution in [0.2, 0.25) is 5.02 Å². The Kier molecular flexibility index (Phi) is 5.55. The zero-order valence-corrected chi connectivity index (χ0v) is 20.0. The van der Waals surface area contributed by atoms with E-state index in [1.54, 1.807) is 6.26 Å². The third-order valence-electron chi connectivity index (χ3n) is 6.39. The fourth-order valence-corrected chi connectivity index (χ4v) is 4.70. The van der Waals surface area contributed by atoms with Gasteiger partial charge in [0.15, 0.2) is 0 Å². The van der Waals surface area contributed by atoms with Crippen LogP contribution in [0.3, 0.4) is 0 Å². The van der Waals surface area contributed by atoms with E-state index in [9.17, 15) is 0 Å². The van der Waals surface area contributed by atoms with Gasteiger partial charge in [-0.15, -0.1) is 0 Å². The maximum Gasteiger partial charge on any atom is 0.247 e. The fraction of sp³-hybridized carbons (Fsp3) is 0.138. The van der Waals surface area contributed by atoms with E-state index >= 15 is 0 Å². The SMILES string of the molecule is CCc1ccc([C@@H]2CC(c3ccco3)=NN2c2nc(-c3ccccc3)c3cc(Cl)ccc3n2)cc1. The van der Waals surface area contributed by atoms with Crippen molar-refractivity contribution in [3.8, 4) is 11.3 Å². The highest BCUT2D eigenvalue weighted by Crippen LogP contribution is 2.38. The van der Waals surface area contributed by atoms with Crippen LogP contribution in [0.4, 0.5) is 5.95 Å². The monoisotopic (exact) mass is 478 g/mol. The number of halogens is 1. The Morgan fingerprint density at radius 2 is 1.77 bits per heavy atom. The number of nitrogens with zero attached hydrogens (tertiary/aromatic N) is 4. The number of hydrazone groups is 1. The second-order valence-electron chi connectivity index (χ2n) is 8.58. The molecule has 0 spiro atoms. The predicted octanol–water partition coefficient (Wildman–Crippen LogP) is 7.46. The summed E-state index contributed by atoms with van der Waals surface area (Å²) in [7, 11) is 0. The van der Waals surface area contributed by atoms with Gasteiger partial charge in [0.2, 0.25) is 5.95 Å². The van der Waals surface area contributed by atoms with E-state index in [0.29, 0.717) is 17.4 Å². The van der Waals surface area contributed by atoms with Crippen molar-refractivity contribution in [2.24, 2.45) is 5.10 Å². The highest BCUT2D eigenvalue weighted by molar-refractivity contribution is 6.31. The Morgan fingerprint density at radius 1 is 0.943 bits per heavy atom. The van der Waals surface area contributed by atoms with E-state index in [-0.39, 0.29) is 6.04 Å². The molecule has 3 heterocycles. The van der Waals surface area contributed by atoms with Gasteiger partial charge in [0.1, 0.15) is 11.5 Å². The molecule has 0 radical (unpaired) electrons. The molecule has 5 aromatic rings. The first-order chi connectivity index (χ1) is 17.2. The van der Waals surface area contributed by atoms with E-state index in [1.807, 2.05) is 53.5 Å². The van der Waals surface area contributed by atoms with Crippen molar-refractivity contribution in [2.75, 3.05) is 5.01 Å². The van der Waals surface area contributed by atoms with Gasteiger partial charge >= 0.3 is 0 Å². The summed E-state index contributed by atoms with van der Waals surface area (Å²) in [4.78, 5) is 9.97. The predicted molar refractivity (Wildman–Crippen MR) is 141 cm³/mol. The number of fused-ring (bicyclic) bond motifs is 1. The van der Waals surface area contributed by atoms with Crippen molar-refractivity contribution in [3.05, 3.63) is 113 Å². The van der Waals surface area contributed by atoms with Crippen LogP contribution in [-0.4, -0.2) is 15.7 Å². The number of rotatable bonds is 5. The van der Waals surface area contributed by atoms with Gasteiger partial charge in [-0.1, -0.05) is 73.1 Å². The van der Waals surface area contributed by atoms with Crippen molar-refractivity contribution < 1.29 is 4.42 Å². The Morgan fingerprint density at radius 3 is 2.51 bits per heavy atom. The first-order valence-electron chi connectivity index (χ1n) is 11.7. The molecule has 0 N–H and O–H groups in total. The summed E-state index contributed by atoms with van der Waals surface area (Å²) in [5.41, 5.74) is 5.99. The number of hydrogen-bond donors (Lipinski definition) is 0. The van der Waals surface area contributed by atoms with Crippen LogP contribution in [-0.2, 0) is 6.42 Å². The second-order valence-corrected chi connectivity index (χ2v) is 9.02. The summed E-state index contributed by atoms with van der Waals surface area (Å²) in [5, 5.41) is 8.46. The fourth-order valence-electron chi connectivity index (χ4n) is 4.53. The molecule has 6 heteroatoms. The topological polar surface area (TPSA) is 54.5 Å². The molecule has 0 unspecified atom stereocenters.